The molecule has 1 aliphatic rings. The van der Waals surface area contributed by atoms with Gasteiger partial charge in [0.2, 0.25) is 0 Å². The normalized spacial score (nSPS) is 21.4. The lowest BCUT2D eigenvalue weighted by molar-refractivity contribution is -0.123. The van der Waals surface area contributed by atoms with Crippen LogP contribution in [0.3, 0.4) is 0 Å². The molecule has 2 heterocycles. The predicted octanol–water partition coefficient (Wildman–Crippen LogP) is 3.39. The monoisotopic (exact) mass is 438 g/mol. The second kappa shape index (κ2) is 8.13. The van der Waals surface area contributed by atoms with Gasteiger partial charge >= 0.3 is 6.18 Å². The van der Waals surface area contributed by atoms with Crippen molar-refractivity contribution < 1.29 is 23.1 Å². The number of carbonyl (C=O) groups is 1. The second-order valence-electron chi connectivity index (χ2n) is 7.05. The number of alkyl halides is 3. The van der Waals surface area contributed by atoms with Gasteiger partial charge in [-0.25, -0.2) is 0 Å². The van der Waals surface area contributed by atoms with E-state index in [4.69, 9.17) is 16.9 Å². The van der Waals surface area contributed by atoms with Crippen LogP contribution in [0.5, 0.6) is 0 Å². The molecular weight excluding hydrogens is 421 g/mol. The lowest BCUT2D eigenvalue weighted by Gasteiger charge is -2.33. The number of hydrogen-bond donors (Lipinski definition) is 2. The van der Waals surface area contributed by atoms with Crippen LogP contribution in [0.25, 0.3) is 0 Å². The van der Waals surface area contributed by atoms with E-state index < -0.39 is 24.2 Å². The Bertz CT molecular complexity index is 991. The Morgan fingerprint density at radius 1 is 1.43 bits per heavy atom. The summed E-state index contributed by atoms with van der Waals surface area (Å²) < 4.78 is 36.7. The van der Waals surface area contributed by atoms with Crippen molar-refractivity contribution in [1.29, 1.82) is 5.26 Å². The highest BCUT2D eigenvalue weighted by Gasteiger charge is 2.45. The van der Waals surface area contributed by atoms with Gasteiger partial charge in [0.15, 0.2) is 0 Å². The van der Waals surface area contributed by atoms with E-state index in [0.717, 1.165) is 5.69 Å². The number of rotatable bonds is 4. The molecule has 1 unspecified atom stereocenters. The van der Waals surface area contributed by atoms with E-state index in [1.54, 1.807) is 23.5 Å². The fourth-order valence-corrected chi connectivity index (χ4v) is 3.74. The number of pyridine rings is 1. The molecule has 1 amide bonds. The van der Waals surface area contributed by atoms with Crippen LogP contribution in [0.2, 0.25) is 5.02 Å². The smallest absolute Gasteiger partial charge is 0.383 e. The number of benzene rings is 1. The Labute approximate surface area is 175 Å². The van der Waals surface area contributed by atoms with E-state index in [0.29, 0.717) is 29.1 Å². The second-order valence-corrected chi connectivity index (χ2v) is 7.46. The summed E-state index contributed by atoms with van der Waals surface area (Å²) >= 11 is 6.11. The Balaban J connectivity index is 1.77. The van der Waals surface area contributed by atoms with E-state index in [-0.39, 0.29) is 11.7 Å². The molecule has 1 fully saturated rings. The maximum Gasteiger partial charge on any atom is 0.405 e. The van der Waals surface area contributed by atoms with Crippen LogP contribution in [-0.2, 0) is 5.60 Å². The SMILES string of the molecule is C[C@@H]1N(c2ccc(C#N)c(Cl)c2)CCC1(O)c1ccc(C(=O)NCC(F)(F)F)nc1. The summed E-state index contributed by atoms with van der Waals surface area (Å²) in [6.07, 6.45) is -2.84. The van der Waals surface area contributed by atoms with Crippen molar-refractivity contribution in [3.05, 3.63) is 58.4 Å². The van der Waals surface area contributed by atoms with E-state index in [9.17, 15) is 23.1 Å². The topological polar surface area (TPSA) is 89.3 Å². The van der Waals surface area contributed by atoms with E-state index >= 15 is 0 Å². The molecule has 0 spiro atoms. The van der Waals surface area contributed by atoms with Crippen LogP contribution < -0.4 is 10.2 Å². The predicted molar refractivity (Wildman–Crippen MR) is 104 cm³/mol. The summed E-state index contributed by atoms with van der Waals surface area (Å²) in [5.74, 6) is -0.945. The molecule has 0 saturated carbocycles. The average molecular weight is 439 g/mol. The maximum absolute atomic E-state index is 12.2. The number of carbonyl (C=O) groups excluding carboxylic acids is 1. The van der Waals surface area contributed by atoms with Crippen molar-refractivity contribution in [2.45, 2.75) is 31.2 Å². The molecular formula is C20H18ClF3N4O2. The minimum absolute atomic E-state index is 0.173. The number of anilines is 1. The number of nitrogens with one attached hydrogen (secondary N) is 1. The van der Waals surface area contributed by atoms with Crippen molar-refractivity contribution in [3.63, 3.8) is 0 Å². The molecule has 2 atom stereocenters. The fraction of sp³-hybridized carbons (Fsp3) is 0.350. The van der Waals surface area contributed by atoms with Crippen LogP contribution in [-0.4, -0.2) is 41.3 Å². The van der Waals surface area contributed by atoms with E-state index in [1.807, 2.05) is 17.9 Å². The van der Waals surface area contributed by atoms with Gasteiger partial charge in [-0.15, -0.1) is 0 Å². The minimum Gasteiger partial charge on any atom is -0.383 e. The third kappa shape index (κ3) is 4.35. The molecule has 1 aromatic carbocycles. The molecule has 1 aliphatic heterocycles. The van der Waals surface area contributed by atoms with Crippen LogP contribution in [0.4, 0.5) is 18.9 Å². The van der Waals surface area contributed by atoms with Crippen molar-refractivity contribution in [3.8, 4) is 6.07 Å². The zero-order chi connectivity index (χ0) is 22.1. The van der Waals surface area contributed by atoms with Gasteiger partial charge in [0.05, 0.1) is 16.6 Å². The minimum atomic E-state index is -4.51. The Morgan fingerprint density at radius 2 is 2.17 bits per heavy atom. The molecule has 158 valence electrons. The van der Waals surface area contributed by atoms with Gasteiger partial charge in [-0.05, 0) is 37.6 Å². The molecule has 0 bridgehead atoms. The molecule has 0 aliphatic carbocycles. The van der Waals surface area contributed by atoms with Gasteiger partial charge in [0.25, 0.3) is 5.91 Å². The van der Waals surface area contributed by atoms with Crippen molar-refractivity contribution in [2.24, 2.45) is 0 Å². The van der Waals surface area contributed by atoms with Crippen LogP contribution in [0.15, 0.2) is 36.5 Å². The number of halogens is 4. The van der Waals surface area contributed by atoms with Gasteiger partial charge in [0, 0.05) is 24.0 Å². The van der Waals surface area contributed by atoms with Crippen LogP contribution in [0, 0.1) is 11.3 Å². The first-order valence-electron chi connectivity index (χ1n) is 9.05. The number of amides is 1. The van der Waals surface area contributed by atoms with Crippen molar-refractivity contribution in [2.75, 3.05) is 18.0 Å². The largest absolute Gasteiger partial charge is 0.405 e. The first-order chi connectivity index (χ1) is 14.0. The highest BCUT2D eigenvalue weighted by molar-refractivity contribution is 6.32. The number of nitriles is 1. The number of hydrogen-bond acceptors (Lipinski definition) is 5. The maximum atomic E-state index is 12.2. The lowest BCUT2D eigenvalue weighted by Crippen LogP contribution is -2.40. The van der Waals surface area contributed by atoms with Gasteiger partial charge in [-0.3, -0.25) is 9.78 Å². The first kappa shape index (κ1) is 21.9. The summed E-state index contributed by atoms with van der Waals surface area (Å²) in [6.45, 7) is 0.884. The third-order valence-electron chi connectivity index (χ3n) is 5.24. The van der Waals surface area contributed by atoms with Gasteiger partial charge < -0.3 is 15.3 Å². The average Bonchev–Trinajstić information content (AvgIpc) is 3.01. The van der Waals surface area contributed by atoms with Gasteiger partial charge in [-0.1, -0.05) is 17.7 Å². The van der Waals surface area contributed by atoms with Crippen molar-refractivity contribution >= 4 is 23.2 Å². The molecule has 6 nitrogen and oxygen atoms in total. The zero-order valence-corrected chi connectivity index (χ0v) is 16.6. The summed E-state index contributed by atoms with van der Waals surface area (Å²) in [7, 11) is 0. The highest BCUT2D eigenvalue weighted by atomic mass is 35.5. The quantitative estimate of drug-likeness (QED) is 0.763. The molecule has 2 N–H and O–H groups in total. The summed E-state index contributed by atoms with van der Waals surface area (Å²) in [6, 6.07) is 9.40. The van der Waals surface area contributed by atoms with Crippen LogP contribution >= 0.6 is 11.6 Å². The van der Waals surface area contributed by atoms with E-state index in [1.165, 1.54) is 18.3 Å². The number of aromatic nitrogens is 1. The van der Waals surface area contributed by atoms with Crippen LogP contribution in [0.1, 0.15) is 35.0 Å². The molecule has 0 radical (unpaired) electrons. The molecule has 10 heteroatoms. The zero-order valence-electron chi connectivity index (χ0n) is 15.9. The summed E-state index contributed by atoms with van der Waals surface area (Å²) in [5, 5.41) is 22.3. The highest BCUT2D eigenvalue weighted by Crippen LogP contribution is 2.40. The molecule has 2 aromatic rings. The van der Waals surface area contributed by atoms with Gasteiger partial charge in [-0.2, -0.15) is 18.4 Å². The Morgan fingerprint density at radius 3 is 2.73 bits per heavy atom. The molecule has 1 aromatic heterocycles. The third-order valence-corrected chi connectivity index (χ3v) is 5.56. The Kier molecular flexibility index (Phi) is 5.92. The standard InChI is InChI=1S/C20H18ClF3N4O2/c1-12-19(30,6-7-28(12)15-4-2-13(9-25)16(21)8-15)14-3-5-17(26-10-14)18(29)27-11-20(22,23)24/h2-5,8,10,12,30H,6-7,11H2,1H3,(H,27,29)/t12-,19?/m0/s1. The molecule has 30 heavy (non-hydrogen) atoms. The first-order valence-corrected chi connectivity index (χ1v) is 9.43. The van der Waals surface area contributed by atoms with Crippen molar-refractivity contribution in [1.82, 2.24) is 10.3 Å². The summed E-state index contributed by atoms with van der Waals surface area (Å²) in [5.41, 5.74) is 0.0937. The fourth-order valence-electron chi connectivity index (χ4n) is 3.52. The number of nitrogens with zero attached hydrogens (tertiary/aromatic N) is 3. The Hall–Kier alpha value is -2.83. The summed E-state index contributed by atoms with van der Waals surface area (Å²) in [4.78, 5) is 17.7. The molecule has 3 rings (SSSR count). The lowest BCUT2D eigenvalue weighted by atomic mass is 9.88. The molecule has 1 saturated heterocycles. The number of aliphatic hydroxyl groups is 1. The van der Waals surface area contributed by atoms with E-state index in [2.05, 4.69) is 4.98 Å². The van der Waals surface area contributed by atoms with Gasteiger partial charge in [0.1, 0.15) is 23.9 Å².